The van der Waals surface area contributed by atoms with Crippen LogP contribution in [0.3, 0.4) is 0 Å². The van der Waals surface area contributed by atoms with Gasteiger partial charge in [-0.05, 0) is 23.8 Å². The highest BCUT2D eigenvalue weighted by Gasteiger charge is 2.13. The average Bonchev–Trinajstić information content (AvgIpc) is 2.61. The summed E-state index contributed by atoms with van der Waals surface area (Å²) < 4.78 is 5.09. The maximum atomic E-state index is 12.5. The Bertz CT molecular complexity index is 877. The largest absolute Gasteiger partial charge is 0.497 e. The number of methoxy groups -OCH3 is 1. The molecule has 2 amide bonds. The first-order valence-corrected chi connectivity index (χ1v) is 7.58. The van der Waals surface area contributed by atoms with Gasteiger partial charge in [0, 0.05) is 30.8 Å². The first-order chi connectivity index (χ1) is 12.4. The molecule has 8 nitrogen and oxygen atoms in total. The monoisotopic (exact) mass is 355 g/mol. The Balaban J connectivity index is 2.30. The van der Waals surface area contributed by atoms with E-state index in [-0.39, 0.29) is 11.4 Å². The molecule has 0 aliphatic rings. The van der Waals surface area contributed by atoms with Gasteiger partial charge in [-0.2, -0.15) is 0 Å². The Morgan fingerprint density at radius 1 is 1.15 bits per heavy atom. The van der Waals surface area contributed by atoms with Crippen LogP contribution in [0.4, 0.5) is 11.4 Å². The van der Waals surface area contributed by atoms with Crippen LogP contribution >= 0.6 is 0 Å². The summed E-state index contributed by atoms with van der Waals surface area (Å²) in [6.07, 6.45) is 1.36. The number of carbonyl (C=O) groups is 2. The van der Waals surface area contributed by atoms with E-state index in [4.69, 9.17) is 4.74 Å². The third-order valence-electron chi connectivity index (χ3n) is 3.27. The summed E-state index contributed by atoms with van der Waals surface area (Å²) in [5.41, 5.74) is 0.725. The van der Waals surface area contributed by atoms with Gasteiger partial charge >= 0.3 is 0 Å². The molecule has 2 N–H and O–H groups in total. The van der Waals surface area contributed by atoms with Crippen molar-refractivity contribution in [3.05, 3.63) is 69.9 Å². The summed E-state index contributed by atoms with van der Waals surface area (Å²) >= 11 is 0. The topological polar surface area (TPSA) is 111 Å². The smallest absolute Gasteiger partial charge is 0.272 e. The molecule has 2 rings (SSSR count). The summed E-state index contributed by atoms with van der Waals surface area (Å²) in [6, 6.07) is 12.4. The molecule has 0 atom stereocenters. The van der Waals surface area contributed by atoms with Gasteiger partial charge in [0.2, 0.25) is 5.91 Å². The highest BCUT2D eigenvalue weighted by Crippen LogP contribution is 2.18. The van der Waals surface area contributed by atoms with E-state index in [9.17, 15) is 19.7 Å². The van der Waals surface area contributed by atoms with Gasteiger partial charge in [-0.3, -0.25) is 19.7 Å². The van der Waals surface area contributed by atoms with Crippen LogP contribution in [-0.2, 0) is 9.59 Å². The minimum atomic E-state index is -0.569. The zero-order valence-electron chi connectivity index (χ0n) is 14.2. The van der Waals surface area contributed by atoms with Crippen LogP contribution in [0.2, 0.25) is 0 Å². The molecule has 0 spiro atoms. The molecule has 0 heterocycles. The predicted octanol–water partition coefficient (Wildman–Crippen LogP) is 2.72. The van der Waals surface area contributed by atoms with Crippen LogP contribution in [-0.4, -0.2) is 23.8 Å². The lowest BCUT2D eigenvalue weighted by Gasteiger charge is -2.10. The SMILES string of the molecule is COc1cccc(NC(=O)/C(=C/c2cccc([N+](=O)[O-])c2)NC(C)=O)c1. The van der Waals surface area contributed by atoms with E-state index in [1.807, 2.05) is 0 Å². The summed E-state index contributed by atoms with van der Waals surface area (Å²) in [7, 11) is 1.51. The lowest BCUT2D eigenvalue weighted by molar-refractivity contribution is -0.384. The number of carbonyl (C=O) groups excluding carboxylic acids is 2. The number of nitrogens with one attached hydrogen (secondary N) is 2. The summed E-state index contributed by atoms with van der Waals surface area (Å²) in [6.45, 7) is 1.26. The number of anilines is 1. The molecule has 26 heavy (non-hydrogen) atoms. The first kappa shape index (κ1) is 18.7. The number of non-ortho nitro benzene ring substituents is 1. The fourth-order valence-corrected chi connectivity index (χ4v) is 2.14. The van der Waals surface area contributed by atoms with Crippen LogP contribution in [0, 0.1) is 10.1 Å². The molecule has 0 fully saturated rings. The quantitative estimate of drug-likeness (QED) is 0.470. The molecular weight excluding hydrogens is 338 g/mol. The molecule has 0 aromatic heterocycles. The molecule has 2 aromatic rings. The second-order valence-electron chi connectivity index (χ2n) is 5.28. The molecule has 134 valence electrons. The molecule has 0 radical (unpaired) electrons. The third kappa shape index (κ3) is 5.17. The van der Waals surface area contributed by atoms with Crippen molar-refractivity contribution >= 4 is 29.3 Å². The lowest BCUT2D eigenvalue weighted by Crippen LogP contribution is -2.28. The Morgan fingerprint density at radius 3 is 2.54 bits per heavy atom. The number of nitro groups is 1. The highest BCUT2D eigenvalue weighted by molar-refractivity contribution is 6.08. The van der Waals surface area contributed by atoms with E-state index >= 15 is 0 Å². The molecule has 0 saturated carbocycles. The zero-order valence-corrected chi connectivity index (χ0v) is 14.2. The van der Waals surface area contributed by atoms with E-state index in [2.05, 4.69) is 10.6 Å². The van der Waals surface area contributed by atoms with Crippen molar-refractivity contribution in [2.75, 3.05) is 12.4 Å². The number of rotatable bonds is 6. The number of hydrogen-bond donors (Lipinski definition) is 2. The third-order valence-corrected chi connectivity index (χ3v) is 3.27. The maximum Gasteiger partial charge on any atom is 0.272 e. The molecule has 8 heteroatoms. The van der Waals surface area contributed by atoms with Gasteiger partial charge in [0.05, 0.1) is 12.0 Å². The number of ether oxygens (including phenoxy) is 1. The van der Waals surface area contributed by atoms with Gasteiger partial charge in [0.15, 0.2) is 0 Å². The molecule has 0 aliphatic carbocycles. The Hall–Kier alpha value is -3.68. The fourth-order valence-electron chi connectivity index (χ4n) is 2.14. The van der Waals surface area contributed by atoms with E-state index in [1.54, 1.807) is 30.3 Å². The van der Waals surface area contributed by atoms with E-state index in [0.29, 0.717) is 17.0 Å². The summed E-state index contributed by atoms with van der Waals surface area (Å²) in [5.74, 6) is -0.450. The van der Waals surface area contributed by atoms with Gasteiger partial charge in [-0.1, -0.05) is 18.2 Å². The second-order valence-corrected chi connectivity index (χ2v) is 5.28. The lowest BCUT2D eigenvalue weighted by atomic mass is 10.1. The Morgan fingerprint density at radius 2 is 1.88 bits per heavy atom. The fraction of sp³-hybridized carbons (Fsp3) is 0.111. The predicted molar refractivity (Wildman–Crippen MR) is 96.5 cm³/mol. The van der Waals surface area contributed by atoms with Crippen LogP contribution in [0.15, 0.2) is 54.2 Å². The standard InChI is InChI=1S/C18H17N3O5/c1-12(22)19-17(10-13-5-3-7-15(9-13)21(24)25)18(23)20-14-6-4-8-16(11-14)26-2/h3-11H,1-2H3,(H,19,22)(H,20,23)/b17-10-. The Labute approximate surface area is 149 Å². The van der Waals surface area contributed by atoms with E-state index in [1.165, 1.54) is 38.3 Å². The zero-order chi connectivity index (χ0) is 19.1. The van der Waals surface area contributed by atoms with Crippen molar-refractivity contribution < 1.29 is 19.2 Å². The molecule has 0 unspecified atom stereocenters. The van der Waals surface area contributed by atoms with Crippen LogP contribution < -0.4 is 15.4 Å². The number of nitrogens with zero attached hydrogens (tertiary/aromatic N) is 1. The van der Waals surface area contributed by atoms with Gasteiger partial charge in [-0.15, -0.1) is 0 Å². The normalized spacial score (nSPS) is 10.8. The van der Waals surface area contributed by atoms with Crippen molar-refractivity contribution in [1.82, 2.24) is 5.32 Å². The summed E-state index contributed by atoms with van der Waals surface area (Å²) in [5, 5.41) is 16.0. The highest BCUT2D eigenvalue weighted by atomic mass is 16.6. The molecule has 2 aromatic carbocycles. The first-order valence-electron chi connectivity index (χ1n) is 7.58. The van der Waals surface area contributed by atoms with Gasteiger partial charge < -0.3 is 15.4 Å². The maximum absolute atomic E-state index is 12.5. The second kappa shape index (κ2) is 8.43. The number of hydrogen-bond acceptors (Lipinski definition) is 5. The van der Waals surface area contributed by atoms with Gasteiger partial charge in [0.25, 0.3) is 11.6 Å². The van der Waals surface area contributed by atoms with Crippen molar-refractivity contribution in [2.24, 2.45) is 0 Å². The molecular formula is C18H17N3O5. The average molecular weight is 355 g/mol. The van der Waals surface area contributed by atoms with Crippen LogP contribution in [0.5, 0.6) is 5.75 Å². The van der Waals surface area contributed by atoms with Gasteiger partial charge in [-0.25, -0.2) is 0 Å². The van der Waals surface area contributed by atoms with Crippen LogP contribution in [0.1, 0.15) is 12.5 Å². The number of nitro benzene ring substituents is 1. The molecule has 0 aliphatic heterocycles. The van der Waals surface area contributed by atoms with Crippen molar-refractivity contribution in [1.29, 1.82) is 0 Å². The van der Waals surface area contributed by atoms with Gasteiger partial charge in [0.1, 0.15) is 11.4 Å². The van der Waals surface area contributed by atoms with Crippen molar-refractivity contribution in [3.8, 4) is 5.75 Å². The minimum Gasteiger partial charge on any atom is -0.497 e. The molecule has 0 bridgehead atoms. The van der Waals surface area contributed by atoms with Crippen molar-refractivity contribution in [2.45, 2.75) is 6.92 Å². The van der Waals surface area contributed by atoms with Crippen LogP contribution in [0.25, 0.3) is 6.08 Å². The summed E-state index contributed by atoms with van der Waals surface area (Å²) in [4.78, 5) is 34.3. The van der Waals surface area contributed by atoms with E-state index < -0.39 is 16.7 Å². The van der Waals surface area contributed by atoms with Crippen molar-refractivity contribution in [3.63, 3.8) is 0 Å². The minimum absolute atomic E-state index is 0.0409. The number of amides is 2. The number of benzene rings is 2. The molecule has 0 saturated heterocycles. The van der Waals surface area contributed by atoms with E-state index in [0.717, 1.165) is 0 Å². The Kier molecular flexibility index (Phi) is 6.05.